The Morgan fingerprint density at radius 1 is 1.12 bits per heavy atom. The van der Waals surface area contributed by atoms with Crippen LogP contribution in [0.1, 0.15) is 25.7 Å². The molecule has 0 aromatic heterocycles. The van der Waals surface area contributed by atoms with Crippen molar-refractivity contribution in [1.82, 2.24) is 0 Å². The van der Waals surface area contributed by atoms with E-state index in [0.717, 1.165) is 12.8 Å². The fourth-order valence-electron chi connectivity index (χ4n) is 2.20. The molecule has 1 aliphatic rings. The van der Waals surface area contributed by atoms with Crippen molar-refractivity contribution in [3.63, 3.8) is 0 Å². The van der Waals surface area contributed by atoms with Gasteiger partial charge in [-0.05, 0) is 37.8 Å². The quantitative estimate of drug-likeness (QED) is 0.857. The Labute approximate surface area is 96.0 Å². The number of hydrogen-bond acceptors (Lipinski definition) is 3. The lowest BCUT2D eigenvalue weighted by atomic mass is 9.97. The summed E-state index contributed by atoms with van der Waals surface area (Å²) < 4.78 is 24.4. The largest absolute Gasteiger partial charge is 0.393 e. The molecule has 2 atom stereocenters. The van der Waals surface area contributed by atoms with Gasteiger partial charge in [0, 0.05) is 0 Å². The van der Waals surface area contributed by atoms with Gasteiger partial charge in [-0.3, -0.25) is 0 Å². The SMILES string of the molecule is O=S(=O)(c1ccccc1)C1CCCC(O)C1. The Hall–Kier alpha value is -0.870. The van der Waals surface area contributed by atoms with Crippen molar-refractivity contribution in [1.29, 1.82) is 0 Å². The first-order valence-corrected chi connectivity index (χ1v) is 7.12. The van der Waals surface area contributed by atoms with Gasteiger partial charge >= 0.3 is 0 Å². The third-order valence-electron chi connectivity index (χ3n) is 3.11. The molecule has 0 saturated heterocycles. The van der Waals surface area contributed by atoms with Gasteiger partial charge in [-0.15, -0.1) is 0 Å². The molecule has 0 radical (unpaired) electrons. The summed E-state index contributed by atoms with van der Waals surface area (Å²) in [4.78, 5) is 0.370. The summed E-state index contributed by atoms with van der Waals surface area (Å²) in [5.41, 5.74) is 0. The average Bonchev–Trinajstić information content (AvgIpc) is 2.30. The molecule has 1 aromatic rings. The highest BCUT2D eigenvalue weighted by Gasteiger charge is 2.31. The highest BCUT2D eigenvalue weighted by atomic mass is 32.2. The molecule has 16 heavy (non-hydrogen) atoms. The zero-order valence-corrected chi connectivity index (χ0v) is 9.86. The van der Waals surface area contributed by atoms with E-state index in [4.69, 9.17) is 0 Å². The van der Waals surface area contributed by atoms with E-state index in [-0.39, 0.29) is 0 Å². The van der Waals surface area contributed by atoms with Gasteiger partial charge in [0.05, 0.1) is 16.2 Å². The first kappa shape index (κ1) is 11.6. The summed E-state index contributed by atoms with van der Waals surface area (Å²) in [6, 6.07) is 8.50. The lowest BCUT2D eigenvalue weighted by Gasteiger charge is -2.25. The minimum absolute atomic E-state index is 0.370. The van der Waals surface area contributed by atoms with Gasteiger partial charge < -0.3 is 5.11 Å². The second-order valence-corrected chi connectivity index (χ2v) is 6.53. The van der Waals surface area contributed by atoms with Crippen LogP contribution in [0.2, 0.25) is 0 Å². The summed E-state index contributed by atoms with van der Waals surface area (Å²) in [5, 5.41) is 9.11. The zero-order chi connectivity index (χ0) is 11.6. The number of hydrogen-bond donors (Lipinski definition) is 1. The molecule has 1 aromatic carbocycles. The lowest BCUT2D eigenvalue weighted by Crippen LogP contribution is -2.30. The van der Waals surface area contributed by atoms with E-state index < -0.39 is 21.2 Å². The van der Waals surface area contributed by atoms with Crippen LogP contribution < -0.4 is 0 Å². The van der Waals surface area contributed by atoms with Gasteiger partial charge in [-0.1, -0.05) is 18.2 Å². The molecule has 2 rings (SSSR count). The molecule has 1 aliphatic carbocycles. The minimum atomic E-state index is -3.25. The van der Waals surface area contributed by atoms with Crippen LogP contribution in [0.4, 0.5) is 0 Å². The average molecular weight is 240 g/mol. The van der Waals surface area contributed by atoms with Crippen LogP contribution in [0.25, 0.3) is 0 Å². The van der Waals surface area contributed by atoms with Crippen molar-refractivity contribution in [3.05, 3.63) is 30.3 Å². The summed E-state index contributed by atoms with van der Waals surface area (Å²) in [6.45, 7) is 0. The minimum Gasteiger partial charge on any atom is -0.393 e. The molecule has 1 saturated carbocycles. The van der Waals surface area contributed by atoms with Crippen LogP contribution in [0, 0.1) is 0 Å². The highest BCUT2D eigenvalue weighted by Crippen LogP contribution is 2.28. The standard InChI is InChI=1S/C12H16O3S/c13-10-5-4-8-12(9-10)16(14,15)11-6-2-1-3-7-11/h1-3,6-7,10,12-13H,4-5,8-9H2. The second kappa shape index (κ2) is 4.55. The van der Waals surface area contributed by atoms with E-state index in [2.05, 4.69) is 0 Å². The van der Waals surface area contributed by atoms with Crippen molar-refractivity contribution in [2.75, 3.05) is 0 Å². The number of sulfone groups is 1. The molecular weight excluding hydrogens is 224 g/mol. The van der Waals surface area contributed by atoms with Gasteiger partial charge in [-0.2, -0.15) is 0 Å². The predicted octanol–water partition coefficient (Wildman–Crippen LogP) is 1.76. The Morgan fingerprint density at radius 2 is 1.81 bits per heavy atom. The van der Waals surface area contributed by atoms with Gasteiger partial charge in [0.25, 0.3) is 0 Å². The normalized spacial score (nSPS) is 26.6. The summed E-state index contributed by atoms with van der Waals surface area (Å²) >= 11 is 0. The predicted molar refractivity (Wildman–Crippen MR) is 61.9 cm³/mol. The highest BCUT2D eigenvalue weighted by molar-refractivity contribution is 7.92. The number of benzene rings is 1. The maximum atomic E-state index is 12.2. The number of rotatable bonds is 2. The van der Waals surface area contributed by atoms with Crippen molar-refractivity contribution in [2.45, 2.75) is 41.9 Å². The fraction of sp³-hybridized carbons (Fsp3) is 0.500. The summed E-state index contributed by atoms with van der Waals surface area (Å²) in [5.74, 6) is 0. The van der Waals surface area contributed by atoms with E-state index in [0.29, 0.717) is 17.7 Å². The maximum Gasteiger partial charge on any atom is 0.181 e. The van der Waals surface area contributed by atoms with Crippen LogP contribution >= 0.6 is 0 Å². The van der Waals surface area contributed by atoms with Gasteiger partial charge in [0.15, 0.2) is 9.84 Å². The first-order chi connectivity index (χ1) is 7.60. The van der Waals surface area contributed by atoms with Crippen LogP contribution in [0.15, 0.2) is 35.2 Å². The van der Waals surface area contributed by atoms with E-state index in [1.165, 1.54) is 0 Å². The monoisotopic (exact) mass is 240 g/mol. The second-order valence-electron chi connectivity index (χ2n) is 4.30. The Kier molecular flexibility index (Phi) is 3.30. The molecule has 88 valence electrons. The third-order valence-corrected chi connectivity index (χ3v) is 5.34. The van der Waals surface area contributed by atoms with Crippen LogP contribution in [-0.2, 0) is 9.84 Å². The Balaban J connectivity index is 2.26. The van der Waals surface area contributed by atoms with Crippen molar-refractivity contribution < 1.29 is 13.5 Å². The number of aliphatic hydroxyl groups is 1. The topological polar surface area (TPSA) is 54.4 Å². The van der Waals surface area contributed by atoms with Gasteiger partial charge in [-0.25, -0.2) is 8.42 Å². The molecule has 2 unspecified atom stereocenters. The van der Waals surface area contributed by atoms with E-state index in [9.17, 15) is 13.5 Å². The lowest BCUT2D eigenvalue weighted by molar-refractivity contribution is 0.131. The van der Waals surface area contributed by atoms with Crippen molar-refractivity contribution in [3.8, 4) is 0 Å². The van der Waals surface area contributed by atoms with E-state index >= 15 is 0 Å². The summed E-state index contributed by atoms with van der Waals surface area (Å²) in [7, 11) is -3.25. The number of aliphatic hydroxyl groups excluding tert-OH is 1. The fourth-order valence-corrected chi connectivity index (χ4v) is 4.08. The molecule has 1 fully saturated rings. The van der Waals surface area contributed by atoms with Crippen molar-refractivity contribution in [2.24, 2.45) is 0 Å². The van der Waals surface area contributed by atoms with Gasteiger partial charge in [0.2, 0.25) is 0 Å². The van der Waals surface area contributed by atoms with E-state index in [1.54, 1.807) is 30.3 Å². The van der Waals surface area contributed by atoms with Crippen molar-refractivity contribution >= 4 is 9.84 Å². The molecule has 1 N–H and O–H groups in total. The Bertz CT molecular complexity index is 439. The molecule has 0 heterocycles. The maximum absolute atomic E-state index is 12.2. The molecule has 3 nitrogen and oxygen atoms in total. The molecule has 4 heteroatoms. The van der Waals surface area contributed by atoms with Crippen LogP contribution in [-0.4, -0.2) is 24.9 Å². The van der Waals surface area contributed by atoms with Crippen LogP contribution in [0.3, 0.4) is 0 Å². The van der Waals surface area contributed by atoms with E-state index in [1.807, 2.05) is 0 Å². The smallest absolute Gasteiger partial charge is 0.181 e. The molecule has 0 aliphatic heterocycles. The molecular formula is C12H16O3S. The van der Waals surface area contributed by atoms with Crippen LogP contribution in [0.5, 0.6) is 0 Å². The molecule has 0 amide bonds. The summed E-state index contributed by atoms with van der Waals surface area (Å²) in [6.07, 6.45) is 2.08. The molecule has 0 bridgehead atoms. The zero-order valence-electron chi connectivity index (χ0n) is 9.04. The Morgan fingerprint density at radius 3 is 2.44 bits per heavy atom. The first-order valence-electron chi connectivity index (χ1n) is 5.58. The third kappa shape index (κ3) is 2.28. The molecule has 0 spiro atoms. The van der Waals surface area contributed by atoms with Gasteiger partial charge in [0.1, 0.15) is 0 Å².